The molecule has 5 rings (SSSR count). The first-order chi connectivity index (χ1) is 12.5. The Morgan fingerprint density at radius 3 is 2.54 bits per heavy atom. The highest BCUT2D eigenvalue weighted by Crippen LogP contribution is 2.52. The lowest BCUT2D eigenvalue weighted by Gasteiger charge is -2.34. The Labute approximate surface area is 157 Å². The van der Waals surface area contributed by atoms with E-state index in [9.17, 15) is 0 Å². The molecule has 0 amide bonds. The van der Waals surface area contributed by atoms with E-state index in [1.807, 2.05) is 0 Å². The fourth-order valence-corrected chi connectivity index (χ4v) is 5.54. The van der Waals surface area contributed by atoms with Crippen molar-refractivity contribution in [2.75, 3.05) is 0 Å². The van der Waals surface area contributed by atoms with E-state index in [2.05, 4.69) is 63.3 Å². The summed E-state index contributed by atoms with van der Waals surface area (Å²) in [6.07, 6.45) is 15.1. The van der Waals surface area contributed by atoms with Crippen LogP contribution in [0.5, 0.6) is 0 Å². The van der Waals surface area contributed by atoms with E-state index in [4.69, 9.17) is 0 Å². The summed E-state index contributed by atoms with van der Waals surface area (Å²) < 4.78 is 0. The normalized spacial score (nSPS) is 21.9. The fourth-order valence-electron chi connectivity index (χ4n) is 5.54. The first-order valence-corrected chi connectivity index (χ1v) is 10.2. The van der Waals surface area contributed by atoms with E-state index >= 15 is 0 Å². The highest BCUT2D eigenvalue weighted by Gasteiger charge is 2.38. The van der Waals surface area contributed by atoms with E-state index < -0.39 is 0 Å². The smallest absolute Gasteiger partial charge is 0.0120 e. The van der Waals surface area contributed by atoms with Crippen LogP contribution in [0.3, 0.4) is 0 Å². The average molecular weight is 341 g/mol. The average Bonchev–Trinajstić information content (AvgIpc) is 3.20. The summed E-state index contributed by atoms with van der Waals surface area (Å²) in [5.41, 5.74) is 14.1. The van der Waals surface area contributed by atoms with E-state index in [0.717, 1.165) is 6.42 Å². The maximum absolute atomic E-state index is 2.56. The predicted molar refractivity (Wildman–Crippen MR) is 111 cm³/mol. The first kappa shape index (κ1) is 16.1. The second kappa shape index (κ2) is 5.71. The van der Waals surface area contributed by atoms with Crippen molar-refractivity contribution in [3.63, 3.8) is 0 Å². The molecule has 0 radical (unpaired) electrons. The van der Waals surface area contributed by atoms with Crippen molar-refractivity contribution in [3.8, 4) is 0 Å². The Bertz CT molecular complexity index is 954. The van der Waals surface area contributed by atoms with Gasteiger partial charge >= 0.3 is 0 Å². The Kier molecular flexibility index (Phi) is 3.54. The van der Waals surface area contributed by atoms with Gasteiger partial charge in [-0.1, -0.05) is 67.5 Å². The standard InChI is InChI=1S/C26H28/c1-17-12-22-13-18-8-4-7-11-21(18)16-24(22)25(17)26(2,3)23-14-19-9-5-6-10-20(19)15-23/h5-6,9-10,12,14,16H,4,7-8,11,13,15H2,1-3H3. The number of fused-ring (bicyclic) bond motifs is 2. The highest BCUT2D eigenvalue weighted by atomic mass is 14.4. The molecule has 1 aromatic carbocycles. The molecule has 0 saturated carbocycles. The van der Waals surface area contributed by atoms with Gasteiger partial charge in [-0.05, 0) is 84.4 Å². The minimum atomic E-state index is 0.0833. The van der Waals surface area contributed by atoms with Gasteiger partial charge in [-0.25, -0.2) is 0 Å². The Hall–Kier alpha value is -2.08. The van der Waals surface area contributed by atoms with Crippen LogP contribution in [-0.4, -0.2) is 0 Å². The lowest BCUT2D eigenvalue weighted by molar-refractivity contribution is 0.536. The fraction of sp³-hybridized carbons (Fsp3) is 0.385. The van der Waals surface area contributed by atoms with Crippen molar-refractivity contribution in [1.29, 1.82) is 0 Å². The van der Waals surface area contributed by atoms with Gasteiger partial charge in [0, 0.05) is 5.41 Å². The summed E-state index contributed by atoms with van der Waals surface area (Å²) >= 11 is 0. The van der Waals surface area contributed by atoms with Gasteiger partial charge in [0.1, 0.15) is 0 Å². The Morgan fingerprint density at radius 1 is 0.885 bits per heavy atom. The first-order valence-electron chi connectivity index (χ1n) is 10.2. The van der Waals surface area contributed by atoms with Crippen LogP contribution in [0.1, 0.15) is 64.0 Å². The monoisotopic (exact) mass is 340 g/mol. The van der Waals surface area contributed by atoms with Crippen LogP contribution >= 0.6 is 0 Å². The molecule has 0 spiro atoms. The molecular weight excluding hydrogens is 312 g/mol. The zero-order chi connectivity index (χ0) is 17.9. The van der Waals surface area contributed by atoms with Crippen molar-refractivity contribution in [3.05, 3.63) is 86.6 Å². The second-order valence-corrected chi connectivity index (χ2v) is 8.97. The van der Waals surface area contributed by atoms with Gasteiger partial charge in [-0.3, -0.25) is 0 Å². The van der Waals surface area contributed by atoms with Gasteiger partial charge in [0.25, 0.3) is 0 Å². The van der Waals surface area contributed by atoms with Gasteiger partial charge in [0.2, 0.25) is 0 Å². The zero-order valence-corrected chi connectivity index (χ0v) is 16.3. The molecule has 0 N–H and O–H groups in total. The van der Waals surface area contributed by atoms with Crippen molar-refractivity contribution in [2.45, 2.75) is 59.3 Å². The Morgan fingerprint density at radius 2 is 1.69 bits per heavy atom. The van der Waals surface area contributed by atoms with Gasteiger partial charge in [0.05, 0.1) is 0 Å². The summed E-state index contributed by atoms with van der Waals surface area (Å²) in [5, 5.41) is 0. The van der Waals surface area contributed by atoms with E-state index in [1.165, 1.54) is 48.8 Å². The molecule has 4 aliphatic rings. The minimum absolute atomic E-state index is 0.0833. The zero-order valence-electron chi connectivity index (χ0n) is 16.3. The van der Waals surface area contributed by atoms with Crippen LogP contribution in [0.15, 0.2) is 75.4 Å². The molecule has 0 bridgehead atoms. The van der Waals surface area contributed by atoms with Crippen molar-refractivity contribution in [1.82, 2.24) is 0 Å². The van der Waals surface area contributed by atoms with Crippen LogP contribution in [0.4, 0.5) is 0 Å². The lowest BCUT2D eigenvalue weighted by atomic mass is 9.70. The molecule has 0 aliphatic heterocycles. The summed E-state index contributed by atoms with van der Waals surface area (Å²) in [7, 11) is 0. The molecule has 0 atom stereocenters. The van der Waals surface area contributed by atoms with E-state index in [0.29, 0.717) is 0 Å². The van der Waals surface area contributed by atoms with Crippen molar-refractivity contribution >= 4 is 6.08 Å². The van der Waals surface area contributed by atoms with Crippen LogP contribution in [0, 0.1) is 5.41 Å². The second-order valence-electron chi connectivity index (χ2n) is 8.97. The van der Waals surface area contributed by atoms with Gasteiger partial charge in [-0.15, -0.1) is 0 Å². The third-order valence-electron chi connectivity index (χ3n) is 6.95. The van der Waals surface area contributed by atoms with Crippen LogP contribution in [-0.2, 0) is 6.42 Å². The number of allylic oxidation sites excluding steroid dienone is 9. The molecule has 4 aliphatic carbocycles. The maximum atomic E-state index is 2.56. The molecular formula is C26H28. The molecule has 1 aromatic rings. The number of benzene rings is 1. The summed E-state index contributed by atoms with van der Waals surface area (Å²) in [5.74, 6) is 0. The molecule has 0 saturated heterocycles. The largest absolute Gasteiger partial charge is 0.0626 e. The number of rotatable bonds is 2. The van der Waals surface area contributed by atoms with Crippen LogP contribution in [0.2, 0.25) is 0 Å². The summed E-state index contributed by atoms with van der Waals surface area (Å²) in [6, 6.07) is 8.87. The molecule has 26 heavy (non-hydrogen) atoms. The van der Waals surface area contributed by atoms with E-state index in [-0.39, 0.29) is 5.41 Å². The van der Waals surface area contributed by atoms with Gasteiger partial charge in [0.15, 0.2) is 0 Å². The van der Waals surface area contributed by atoms with Crippen LogP contribution in [0.25, 0.3) is 6.08 Å². The summed E-state index contributed by atoms with van der Waals surface area (Å²) in [4.78, 5) is 0. The maximum Gasteiger partial charge on any atom is 0.0120 e. The lowest BCUT2D eigenvalue weighted by Crippen LogP contribution is -2.21. The predicted octanol–water partition coefficient (Wildman–Crippen LogP) is 7.11. The minimum Gasteiger partial charge on any atom is -0.0626 e. The van der Waals surface area contributed by atoms with E-state index in [1.54, 1.807) is 33.4 Å². The molecule has 132 valence electrons. The molecule has 0 aromatic heterocycles. The molecule has 0 unspecified atom stereocenters. The van der Waals surface area contributed by atoms with Gasteiger partial charge in [-0.2, -0.15) is 0 Å². The third-order valence-corrected chi connectivity index (χ3v) is 6.95. The van der Waals surface area contributed by atoms with Gasteiger partial charge < -0.3 is 0 Å². The summed E-state index contributed by atoms with van der Waals surface area (Å²) in [6.45, 7) is 7.20. The SMILES string of the molecule is CC1=C(C(C)(C)C2=Cc3ccccc3C2)C2=CC3=C(CCCC3)CC2=C1. The quantitative estimate of drug-likeness (QED) is 0.538. The molecule has 0 heterocycles. The number of hydrogen-bond acceptors (Lipinski definition) is 0. The topological polar surface area (TPSA) is 0 Å². The molecule has 0 heteroatoms. The molecule has 0 nitrogen and oxygen atoms in total. The Balaban J connectivity index is 1.55. The third kappa shape index (κ3) is 2.35. The van der Waals surface area contributed by atoms with Crippen molar-refractivity contribution < 1.29 is 0 Å². The molecule has 0 fully saturated rings. The van der Waals surface area contributed by atoms with Crippen LogP contribution < -0.4 is 0 Å². The number of hydrogen-bond donors (Lipinski definition) is 0. The van der Waals surface area contributed by atoms with Crippen molar-refractivity contribution in [2.24, 2.45) is 5.41 Å². The highest BCUT2D eigenvalue weighted by molar-refractivity contribution is 5.72.